The Morgan fingerprint density at radius 2 is 2.04 bits per heavy atom. The zero-order chi connectivity index (χ0) is 16.9. The Labute approximate surface area is 145 Å². The standard InChI is InChI=1S/C19H30N4O/c1-21(2)17-6-3-5-16(15-17)18-7-4-11-22(18)12-8-19(24)23-13-9-20-10-14-23/h3,5-6,15,18,20H,4,7-14H2,1-2H3. The van der Waals surface area contributed by atoms with E-state index in [1.54, 1.807) is 0 Å². The lowest BCUT2D eigenvalue weighted by atomic mass is 10.0. The molecule has 2 heterocycles. The van der Waals surface area contributed by atoms with Crippen LogP contribution in [-0.2, 0) is 4.79 Å². The van der Waals surface area contributed by atoms with Crippen LogP contribution in [0.5, 0.6) is 0 Å². The van der Waals surface area contributed by atoms with Gasteiger partial charge in [-0.15, -0.1) is 0 Å². The van der Waals surface area contributed by atoms with Crippen molar-refractivity contribution in [1.82, 2.24) is 15.1 Å². The van der Waals surface area contributed by atoms with Gasteiger partial charge in [0.05, 0.1) is 0 Å². The highest BCUT2D eigenvalue weighted by Crippen LogP contribution is 2.33. The van der Waals surface area contributed by atoms with Crippen molar-refractivity contribution in [3.05, 3.63) is 29.8 Å². The molecule has 2 fully saturated rings. The minimum Gasteiger partial charge on any atom is -0.378 e. The first-order valence-electron chi connectivity index (χ1n) is 9.15. The molecule has 5 heteroatoms. The minimum absolute atomic E-state index is 0.309. The van der Waals surface area contributed by atoms with Crippen molar-refractivity contribution in [3.63, 3.8) is 0 Å². The number of nitrogens with one attached hydrogen (secondary N) is 1. The zero-order valence-corrected chi connectivity index (χ0v) is 15.0. The number of carbonyl (C=O) groups excluding carboxylic acids is 1. The fourth-order valence-corrected chi connectivity index (χ4v) is 3.79. The monoisotopic (exact) mass is 330 g/mol. The van der Waals surface area contributed by atoms with Gasteiger partial charge >= 0.3 is 0 Å². The van der Waals surface area contributed by atoms with Crippen LogP contribution in [0.25, 0.3) is 0 Å². The smallest absolute Gasteiger partial charge is 0.223 e. The molecule has 1 aromatic carbocycles. The predicted molar refractivity (Wildman–Crippen MR) is 98.4 cm³/mol. The Balaban J connectivity index is 1.59. The normalized spacial score (nSPS) is 21.9. The van der Waals surface area contributed by atoms with E-state index in [0.717, 1.165) is 39.3 Å². The third-order valence-electron chi connectivity index (χ3n) is 5.22. The van der Waals surface area contributed by atoms with Crippen LogP contribution in [0.2, 0.25) is 0 Å². The van der Waals surface area contributed by atoms with E-state index in [0.29, 0.717) is 18.4 Å². The van der Waals surface area contributed by atoms with E-state index in [1.165, 1.54) is 24.1 Å². The molecular weight excluding hydrogens is 300 g/mol. The number of anilines is 1. The van der Waals surface area contributed by atoms with Crippen LogP contribution in [0.3, 0.4) is 0 Å². The lowest BCUT2D eigenvalue weighted by Crippen LogP contribution is -2.47. The molecule has 1 amide bonds. The number of likely N-dealkylation sites (tertiary alicyclic amines) is 1. The van der Waals surface area contributed by atoms with E-state index in [2.05, 4.69) is 53.5 Å². The van der Waals surface area contributed by atoms with E-state index < -0.39 is 0 Å². The second kappa shape index (κ2) is 7.99. The van der Waals surface area contributed by atoms with Gasteiger partial charge in [-0.1, -0.05) is 12.1 Å². The highest BCUT2D eigenvalue weighted by atomic mass is 16.2. The topological polar surface area (TPSA) is 38.8 Å². The molecular formula is C19H30N4O. The van der Waals surface area contributed by atoms with E-state index in [-0.39, 0.29) is 0 Å². The summed E-state index contributed by atoms with van der Waals surface area (Å²) in [5.41, 5.74) is 2.63. The average Bonchev–Trinajstić information content (AvgIpc) is 3.09. The van der Waals surface area contributed by atoms with Crippen molar-refractivity contribution in [2.24, 2.45) is 0 Å². The van der Waals surface area contributed by atoms with Gasteiger partial charge in [0.25, 0.3) is 0 Å². The van der Waals surface area contributed by atoms with Gasteiger partial charge in [0.2, 0.25) is 5.91 Å². The highest BCUT2D eigenvalue weighted by Gasteiger charge is 2.27. The van der Waals surface area contributed by atoms with Gasteiger partial charge in [0.15, 0.2) is 0 Å². The summed E-state index contributed by atoms with van der Waals surface area (Å²) in [5, 5.41) is 3.30. The van der Waals surface area contributed by atoms with Gasteiger partial charge in [-0.2, -0.15) is 0 Å². The molecule has 0 saturated carbocycles. The molecule has 0 bridgehead atoms. The molecule has 2 aliphatic heterocycles. The number of amides is 1. The molecule has 1 atom stereocenters. The molecule has 1 aromatic rings. The van der Waals surface area contributed by atoms with Gasteiger partial charge < -0.3 is 15.1 Å². The SMILES string of the molecule is CN(C)c1cccc(C2CCCN2CCC(=O)N2CCNCC2)c1. The summed E-state index contributed by atoms with van der Waals surface area (Å²) in [6.07, 6.45) is 3.06. The fraction of sp³-hybridized carbons (Fsp3) is 0.632. The number of hydrogen-bond acceptors (Lipinski definition) is 4. The molecule has 2 saturated heterocycles. The number of hydrogen-bond donors (Lipinski definition) is 1. The number of rotatable bonds is 5. The van der Waals surface area contributed by atoms with Crippen LogP contribution in [0.15, 0.2) is 24.3 Å². The molecule has 1 unspecified atom stereocenters. The molecule has 0 spiro atoms. The number of benzene rings is 1. The number of nitrogens with zero attached hydrogens (tertiary/aromatic N) is 3. The zero-order valence-electron chi connectivity index (χ0n) is 15.0. The maximum atomic E-state index is 12.4. The summed E-state index contributed by atoms with van der Waals surface area (Å²) >= 11 is 0. The third kappa shape index (κ3) is 4.08. The van der Waals surface area contributed by atoms with Gasteiger partial charge in [0, 0.05) is 65.0 Å². The van der Waals surface area contributed by atoms with E-state index in [1.807, 2.05) is 4.90 Å². The lowest BCUT2D eigenvalue weighted by Gasteiger charge is -2.30. The van der Waals surface area contributed by atoms with Crippen LogP contribution >= 0.6 is 0 Å². The quantitative estimate of drug-likeness (QED) is 0.892. The Bertz CT molecular complexity index is 554. The highest BCUT2D eigenvalue weighted by molar-refractivity contribution is 5.76. The van der Waals surface area contributed by atoms with Crippen molar-refractivity contribution in [2.45, 2.75) is 25.3 Å². The van der Waals surface area contributed by atoms with Gasteiger partial charge in [-0.05, 0) is 37.1 Å². The lowest BCUT2D eigenvalue weighted by molar-refractivity contribution is -0.132. The number of piperazine rings is 1. The van der Waals surface area contributed by atoms with Crippen molar-refractivity contribution in [3.8, 4) is 0 Å². The number of carbonyl (C=O) groups is 1. The fourth-order valence-electron chi connectivity index (χ4n) is 3.79. The Morgan fingerprint density at radius 3 is 2.79 bits per heavy atom. The summed E-state index contributed by atoms with van der Waals surface area (Å²) in [4.78, 5) is 19.1. The summed E-state index contributed by atoms with van der Waals surface area (Å²) in [7, 11) is 4.16. The summed E-state index contributed by atoms with van der Waals surface area (Å²) in [5.74, 6) is 0.309. The molecule has 1 N–H and O–H groups in total. The molecule has 5 nitrogen and oxygen atoms in total. The summed E-state index contributed by atoms with van der Waals surface area (Å²) in [6, 6.07) is 9.28. The molecule has 0 aliphatic carbocycles. The first-order valence-corrected chi connectivity index (χ1v) is 9.15. The van der Waals surface area contributed by atoms with Crippen molar-refractivity contribution in [1.29, 1.82) is 0 Å². The van der Waals surface area contributed by atoms with E-state index in [9.17, 15) is 4.79 Å². The second-order valence-electron chi connectivity index (χ2n) is 7.06. The predicted octanol–water partition coefficient (Wildman–Crippen LogP) is 1.71. The van der Waals surface area contributed by atoms with Crippen molar-refractivity contribution >= 4 is 11.6 Å². The Morgan fingerprint density at radius 1 is 1.25 bits per heavy atom. The average molecular weight is 330 g/mol. The third-order valence-corrected chi connectivity index (χ3v) is 5.22. The summed E-state index contributed by atoms with van der Waals surface area (Å²) < 4.78 is 0. The van der Waals surface area contributed by atoms with Crippen LogP contribution in [0.1, 0.15) is 30.9 Å². The van der Waals surface area contributed by atoms with Crippen LogP contribution in [0.4, 0.5) is 5.69 Å². The molecule has 0 radical (unpaired) electrons. The first kappa shape index (κ1) is 17.2. The van der Waals surface area contributed by atoms with Crippen molar-refractivity contribution in [2.75, 3.05) is 58.3 Å². The van der Waals surface area contributed by atoms with Crippen LogP contribution in [-0.4, -0.2) is 69.1 Å². The molecule has 0 aromatic heterocycles. The molecule has 24 heavy (non-hydrogen) atoms. The van der Waals surface area contributed by atoms with Crippen LogP contribution in [0, 0.1) is 0 Å². The van der Waals surface area contributed by atoms with Gasteiger partial charge in [0.1, 0.15) is 0 Å². The Kier molecular flexibility index (Phi) is 5.74. The van der Waals surface area contributed by atoms with E-state index in [4.69, 9.17) is 0 Å². The van der Waals surface area contributed by atoms with Crippen LogP contribution < -0.4 is 10.2 Å². The Hall–Kier alpha value is -1.59. The maximum Gasteiger partial charge on any atom is 0.223 e. The molecule has 2 aliphatic rings. The van der Waals surface area contributed by atoms with E-state index >= 15 is 0 Å². The second-order valence-corrected chi connectivity index (χ2v) is 7.06. The largest absolute Gasteiger partial charge is 0.378 e. The maximum absolute atomic E-state index is 12.4. The summed E-state index contributed by atoms with van der Waals surface area (Å²) in [6.45, 7) is 5.54. The molecule has 132 valence electrons. The molecule has 3 rings (SSSR count). The minimum atomic E-state index is 0.309. The van der Waals surface area contributed by atoms with Crippen molar-refractivity contribution < 1.29 is 4.79 Å². The van der Waals surface area contributed by atoms with Gasteiger partial charge in [-0.25, -0.2) is 0 Å². The van der Waals surface area contributed by atoms with Gasteiger partial charge in [-0.3, -0.25) is 9.69 Å². The first-order chi connectivity index (χ1) is 11.6.